The Bertz CT molecular complexity index is 435. The maximum atomic E-state index is 11.6. The molecule has 0 heterocycles. The van der Waals surface area contributed by atoms with Gasteiger partial charge < -0.3 is 15.5 Å². The lowest BCUT2D eigenvalue weighted by atomic mass is 10.2. The van der Waals surface area contributed by atoms with Crippen LogP contribution in [0.25, 0.3) is 0 Å². The Kier molecular flexibility index (Phi) is 7.62. The van der Waals surface area contributed by atoms with Crippen LogP contribution >= 0.6 is 15.9 Å². The van der Waals surface area contributed by atoms with Gasteiger partial charge in [-0.2, -0.15) is 0 Å². The summed E-state index contributed by atoms with van der Waals surface area (Å²) in [7, 11) is 4.07. The Morgan fingerprint density at radius 3 is 2.70 bits per heavy atom. The van der Waals surface area contributed by atoms with Crippen molar-refractivity contribution in [1.82, 2.24) is 10.2 Å². The second kappa shape index (κ2) is 8.97. The summed E-state index contributed by atoms with van der Waals surface area (Å²) in [4.78, 5) is 13.7. The fourth-order valence-corrected chi connectivity index (χ4v) is 2.03. The Morgan fingerprint density at radius 1 is 1.30 bits per heavy atom. The molecule has 1 amide bonds. The van der Waals surface area contributed by atoms with E-state index in [2.05, 4.69) is 37.5 Å². The summed E-state index contributed by atoms with van der Waals surface area (Å²) in [6.45, 7) is 4.44. The highest BCUT2D eigenvalue weighted by molar-refractivity contribution is 9.10. The van der Waals surface area contributed by atoms with E-state index in [1.807, 2.05) is 33.2 Å². The van der Waals surface area contributed by atoms with E-state index in [0.717, 1.165) is 29.7 Å². The smallest absolute Gasteiger partial charge is 0.221 e. The number of amides is 1. The van der Waals surface area contributed by atoms with Crippen molar-refractivity contribution in [3.8, 4) is 0 Å². The lowest BCUT2D eigenvalue weighted by molar-refractivity contribution is -0.120. The molecule has 1 aromatic carbocycles. The first kappa shape index (κ1) is 17.0. The van der Waals surface area contributed by atoms with Gasteiger partial charge in [0.1, 0.15) is 0 Å². The van der Waals surface area contributed by atoms with E-state index in [1.165, 1.54) is 5.56 Å². The number of carbonyl (C=O) groups excluding carboxylic acids is 1. The third-order valence-electron chi connectivity index (χ3n) is 2.94. The van der Waals surface area contributed by atoms with Crippen LogP contribution in [0.15, 0.2) is 22.7 Å². The molecule has 0 aliphatic rings. The first-order chi connectivity index (χ1) is 9.49. The second-order valence-electron chi connectivity index (χ2n) is 5.15. The first-order valence-electron chi connectivity index (χ1n) is 6.90. The molecule has 0 aliphatic carbocycles. The lowest BCUT2D eigenvalue weighted by Crippen LogP contribution is -2.28. The van der Waals surface area contributed by atoms with E-state index < -0.39 is 0 Å². The van der Waals surface area contributed by atoms with Crippen molar-refractivity contribution in [2.24, 2.45) is 0 Å². The van der Waals surface area contributed by atoms with Crippen LogP contribution in [0.5, 0.6) is 0 Å². The van der Waals surface area contributed by atoms with Gasteiger partial charge >= 0.3 is 0 Å². The van der Waals surface area contributed by atoms with Gasteiger partial charge in [0, 0.05) is 29.7 Å². The normalized spacial score (nSPS) is 10.7. The lowest BCUT2D eigenvalue weighted by Gasteiger charge is -2.10. The number of nitrogens with zero attached hydrogens (tertiary/aromatic N) is 1. The quantitative estimate of drug-likeness (QED) is 0.714. The van der Waals surface area contributed by atoms with Crippen LogP contribution in [0, 0.1) is 6.92 Å². The molecule has 0 aromatic heterocycles. The molecule has 0 atom stereocenters. The van der Waals surface area contributed by atoms with E-state index in [-0.39, 0.29) is 5.91 Å². The van der Waals surface area contributed by atoms with Gasteiger partial charge in [-0.05, 0) is 57.7 Å². The van der Waals surface area contributed by atoms with Crippen molar-refractivity contribution < 1.29 is 4.79 Å². The molecule has 4 nitrogen and oxygen atoms in total. The molecule has 1 rings (SSSR count). The molecule has 0 fully saturated rings. The third-order valence-corrected chi connectivity index (χ3v) is 3.83. The van der Waals surface area contributed by atoms with Crippen molar-refractivity contribution in [2.45, 2.75) is 19.8 Å². The van der Waals surface area contributed by atoms with Crippen molar-refractivity contribution >= 4 is 27.5 Å². The van der Waals surface area contributed by atoms with Crippen molar-refractivity contribution in [3.63, 3.8) is 0 Å². The van der Waals surface area contributed by atoms with Gasteiger partial charge in [0.05, 0.1) is 0 Å². The number of nitrogens with one attached hydrogen (secondary N) is 2. The average Bonchev–Trinajstić information content (AvgIpc) is 2.39. The van der Waals surface area contributed by atoms with Crippen LogP contribution in [0.4, 0.5) is 5.69 Å². The highest BCUT2D eigenvalue weighted by atomic mass is 79.9. The molecule has 0 saturated heterocycles. The number of rotatable bonds is 8. The van der Waals surface area contributed by atoms with Crippen LogP contribution in [0.2, 0.25) is 0 Å². The van der Waals surface area contributed by atoms with Gasteiger partial charge in [0.25, 0.3) is 0 Å². The highest BCUT2D eigenvalue weighted by Crippen LogP contribution is 2.19. The number of hydrogen-bond acceptors (Lipinski definition) is 3. The predicted molar refractivity (Wildman–Crippen MR) is 88.2 cm³/mol. The Hall–Kier alpha value is -1.07. The Balaban J connectivity index is 2.16. The summed E-state index contributed by atoms with van der Waals surface area (Å²) in [6.07, 6.45) is 1.48. The van der Waals surface area contributed by atoms with Crippen LogP contribution in [-0.2, 0) is 4.79 Å². The number of halogens is 1. The van der Waals surface area contributed by atoms with Crippen LogP contribution in [0.3, 0.4) is 0 Å². The SMILES string of the molecule is Cc1cc(NCCC(=O)NCCCN(C)C)ccc1Br. The molecule has 112 valence electrons. The second-order valence-corrected chi connectivity index (χ2v) is 6.00. The first-order valence-corrected chi connectivity index (χ1v) is 7.70. The molecule has 2 N–H and O–H groups in total. The minimum Gasteiger partial charge on any atom is -0.385 e. The van der Waals surface area contributed by atoms with E-state index in [1.54, 1.807) is 0 Å². The zero-order chi connectivity index (χ0) is 15.0. The monoisotopic (exact) mass is 341 g/mol. The van der Waals surface area contributed by atoms with E-state index >= 15 is 0 Å². The van der Waals surface area contributed by atoms with Gasteiger partial charge in [-0.3, -0.25) is 4.79 Å². The fourth-order valence-electron chi connectivity index (χ4n) is 1.79. The number of aryl methyl sites for hydroxylation is 1. The van der Waals surface area contributed by atoms with E-state index in [9.17, 15) is 4.79 Å². The zero-order valence-electron chi connectivity index (χ0n) is 12.5. The molecule has 0 bridgehead atoms. The molecule has 0 aliphatic heterocycles. The van der Waals surface area contributed by atoms with Gasteiger partial charge in [-0.15, -0.1) is 0 Å². The van der Waals surface area contributed by atoms with Crippen molar-refractivity contribution in [2.75, 3.05) is 39.0 Å². The van der Waals surface area contributed by atoms with Crippen LogP contribution < -0.4 is 10.6 Å². The molecule has 0 saturated carbocycles. The summed E-state index contributed by atoms with van der Waals surface area (Å²) in [5, 5.41) is 6.19. The minimum absolute atomic E-state index is 0.102. The fraction of sp³-hybridized carbons (Fsp3) is 0.533. The summed E-state index contributed by atoms with van der Waals surface area (Å²) >= 11 is 3.47. The number of hydrogen-bond donors (Lipinski definition) is 2. The molecule has 0 radical (unpaired) electrons. The molecular weight excluding hydrogens is 318 g/mol. The largest absolute Gasteiger partial charge is 0.385 e. The minimum atomic E-state index is 0.102. The highest BCUT2D eigenvalue weighted by Gasteiger charge is 2.01. The molecule has 1 aromatic rings. The third kappa shape index (κ3) is 6.91. The molecule has 5 heteroatoms. The summed E-state index contributed by atoms with van der Waals surface area (Å²) < 4.78 is 1.10. The van der Waals surface area contributed by atoms with Gasteiger partial charge in [0.2, 0.25) is 5.91 Å². The standard InChI is InChI=1S/C15H24BrN3O/c1-12-11-13(5-6-14(12)16)17-9-7-15(20)18-8-4-10-19(2)3/h5-6,11,17H,4,7-10H2,1-3H3,(H,18,20). The molecular formula is C15H24BrN3O. The Morgan fingerprint density at radius 2 is 2.05 bits per heavy atom. The number of carbonyl (C=O) groups is 1. The zero-order valence-corrected chi connectivity index (χ0v) is 14.1. The summed E-state index contributed by atoms with van der Waals surface area (Å²) in [5.74, 6) is 0.102. The predicted octanol–water partition coefficient (Wildman–Crippen LogP) is 2.63. The van der Waals surface area contributed by atoms with Crippen molar-refractivity contribution in [3.05, 3.63) is 28.2 Å². The molecule has 0 spiro atoms. The van der Waals surface area contributed by atoms with Crippen LogP contribution in [0.1, 0.15) is 18.4 Å². The number of benzene rings is 1. The van der Waals surface area contributed by atoms with Crippen LogP contribution in [-0.4, -0.2) is 44.5 Å². The van der Waals surface area contributed by atoms with E-state index in [4.69, 9.17) is 0 Å². The summed E-state index contributed by atoms with van der Waals surface area (Å²) in [5.41, 5.74) is 2.23. The van der Waals surface area contributed by atoms with Crippen molar-refractivity contribution in [1.29, 1.82) is 0 Å². The topological polar surface area (TPSA) is 44.4 Å². The maximum absolute atomic E-state index is 11.6. The van der Waals surface area contributed by atoms with E-state index in [0.29, 0.717) is 13.0 Å². The van der Waals surface area contributed by atoms with Gasteiger partial charge in [-0.25, -0.2) is 0 Å². The maximum Gasteiger partial charge on any atom is 0.221 e. The van der Waals surface area contributed by atoms with Gasteiger partial charge in [-0.1, -0.05) is 15.9 Å². The van der Waals surface area contributed by atoms with Gasteiger partial charge in [0.15, 0.2) is 0 Å². The number of anilines is 1. The molecule has 20 heavy (non-hydrogen) atoms. The average molecular weight is 342 g/mol. The summed E-state index contributed by atoms with van der Waals surface area (Å²) in [6, 6.07) is 6.09. The Labute approximate surface area is 130 Å². The molecule has 0 unspecified atom stereocenters.